The lowest BCUT2D eigenvalue weighted by atomic mass is 9.99. The molecule has 6 heteroatoms. The first-order valence-corrected chi connectivity index (χ1v) is 6.61. The molecule has 1 saturated heterocycles. The smallest absolute Gasteiger partial charge is 0.126 e. The van der Waals surface area contributed by atoms with Gasteiger partial charge in [-0.15, -0.1) is 0 Å². The van der Waals surface area contributed by atoms with Gasteiger partial charge < -0.3 is 25.8 Å². The summed E-state index contributed by atoms with van der Waals surface area (Å²) in [7, 11) is 0. The third-order valence-corrected chi connectivity index (χ3v) is 4.13. The summed E-state index contributed by atoms with van der Waals surface area (Å²) in [5.41, 5.74) is 5.34. The summed E-state index contributed by atoms with van der Waals surface area (Å²) in [5, 5.41) is 28.6. The average Bonchev–Trinajstić information content (AvgIpc) is 2.40. The molecule has 1 aromatic carbocycles. The predicted molar refractivity (Wildman–Crippen MR) is 68.0 cm³/mol. The van der Waals surface area contributed by atoms with Gasteiger partial charge in [0.05, 0.1) is 12.6 Å². The van der Waals surface area contributed by atoms with Gasteiger partial charge in [-0.3, -0.25) is 0 Å². The van der Waals surface area contributed by atoms with Gasteiger partial charge in [0.1, 0.15) is 23.7 Å². The van der Waals surface area contributed by atoms with E-state index >= 15 is 0 Å². The fourth-order valence-corrected chi connectivity index (χ4v) is 2.94. The van der Waals surface area contributed by atoms with Crippen molar-refractivity contribution in [3.05, 3.63) is 30.3 Å². The summed E-state index contributed by atoms with van der Waals surface area (Å²) in [6, 6.07) is 8.81. The Morgan fingerprint density at radius 2 is 1.83 bits per heavy atom. The van der Waals surface area contributed by atoms with E-state index in [4.69, 9.17) is 15.6 Å². The molecule has 0 aromatic heterocycles. The lowest BCUT2D eigenvalue weighted by Crippen LogP contribution is -2.60. The average molecular weight is 271 g/mol. The molecule has 0 radical (unpaired) electrons. The fraction of sp³-hybridized carbons (Fsp3) is 0.500. The summed E-state index contributed by atoms with van der Waals surface area (Å²) < 4.78 is 5.51. The highest BCUT2D eigenvalue weighted by atomic mass is 32.2. The van der Waals surface area contributed by atoms with E-state index in [0.717, 1.165) is 4.90 Å². The zero-order chi connectivity index (χ0) is 13.1. The van der Waals surface area contributed by atoms with Crippen LogP contribution >= 0.6 is 11.8 Å². The highest BCUT2D eigenvalue weighted by Crippen LogP contribution is 2.32. The molecule has 2 unspecified atom stereocenters. The highest BCUT2D eigenvalue weighted by Gasteiger charge is 2.42. The fourth-order valence-electron chi connectivity index (χ4n) is 1.84. The molecule has 0 bridgehead atoms. The number of thioether (sulfide) groups is 1. The first-order chi connectivity index (χ1) is 8.63. The molecule has 18 heavy (non-hydrogen) atoms. The minimum absolute atomic E-state index is 0.350. The SMILES string of the molecule is NC1[C@@H](O)[C@@H](O)C(CO)O[C@H]1Sc1ccccc1. The maximum absolute atomic E-state index is 9.82. The molecule has 0 aliphatic carbocycles. The van der Waals surface area contributed by atoms with Gasteiger partial charge in [-0.1, -0.05) is 30.0 Å². The van der Waals surface area contributed by atoms with Gasteiger partial charge >= 0.3 is 0 Å². The Morgan fingerprint density at radius 1 is 1.17 bits per heavy atom. The van der Waals surface area contributed by atoms with Gasteiger partial charge in [-0.2, -0.15) is 0 Å². The number of hydrogen-bond donors (Lipinski definition) is 4. The molecule has 2 rings (SSSR count). The van der Waals surface area contributed by atoms with Gasteiger partial charge in [0.25, 0.3) is 0 Å². The van der Waals surface area contributed by atoms with Crippen molar-refractivity contribution in [1.29, 1.82) is 0 Å². The van der Waals surface area contributed by atoms with E-state index in [0.29, 0.717) is 0 Å². The summed E-state index contributed by atoms with van der Waals surface area (Å²) in [6.07, 6.45) is -3.06. The Labute approximate surface area is 110 Å². The Hall–Kier alpha value is -0.630. The van der Waals surface area contributed by atoms with Crippen LogP contribution in [0.1, 0.15) is 0 Å². The van der Waals surface area contributed by atoms with Gasteiger partial charge in [-0.05, 0) is 12.1 Å². The van der Waals surface area contributed by atoms with E-state index < -0.39 is 29.8 Å². The zero-order valence-corrected chi connectivity index (χ0v) is 10.5. The molecule has 1 heterocycles. The molecule has 100 valence electrons. The third-order valence-electron chi connectivity index (χ3n) is 2.92. The summed E-state index contributed by atoms with van der Waals surface area (Å²) in [4.78, 5) is 0.957. The Morgan fingerprint density at radius 3 is 2.44 bits per heavy atom. The van der Waals surface area contributed by atoms with E-state index in [-0.39, 0.29) is 6.61 Å². The van der Waals surface area contributed by atoms with Crippen molar-refractivity contribution >= 4 is 11.8 Å². The molecule has 1 fully saturated rings. The minimum atomic E-state index is -1.15. The van der Waals surface area contributed by atoms with Crippen LogP contribution in [0.5, 0.6) is 0 Å². The number of aliphatic hydroxyl groups excluding tert-OH is 3. The molecular weight excluding hydrogens is 254 g/mol. The van der Waals surface area contributed by atoms with Crippen molar-refractivity contribution in [2.24, 2.45) is 5.73 Å². The zero-order valence-electron chi connectivity index (χ0n) is 9.72. The number of rotatable bonds is 3. The van der Waals surface area contributed by atoms with Crippen molar-refractivity contribution in [2.75, 3.05) is 6.61 Å². The molecule has 1 aliphatic heterocycles. The van der Waals surface area contributed by atoms with Crippen LogP contribution in [0, 0.1) is 0 Å². The predicted octanol–water partition coefficient (Wildman–Crippen LogP) is -0.455. The van der Waals surface area contributed by atoms with Crippen molar-refractivity contribution in [3.63, 3.8) is 0 Å². The number of hydrogen-bond acceptors (Lipinski definition) is 6. The Bertz CT molecular complexity index is 376. The van der Waals surface area contributed by atoms with Crippen LogP contribution < -0.4 is 5.73 Å². The monoisotopic (exact) mass is 271 g/mol. The Kier molecular flexibility index (Phi) is 4.60. The largest absolute Gasteiger partial charge is 0.394 e. The first-order valence-electron chi connectivity index (χ1n) is 5.73. The lowest BCUT2D eigenvalue weighted by Gasteiger charge is -2.40. The van der Waals surface area contributed by atoms with Crippen LogP contribution in [-0.4, -0.2) is 51.7 Å². The topological polar surface area (TPSA) is 95.9 Å². The number of nitrogens with two attached hydrogens (primary N) is 1. The van der Waals surface area contributed by atoms with Crippen molar-refractivity contribution < 1.29 is 20.1 Å². The molecule has 5 atom stereocenters. The first kappa shape index (κ1) is 13.8. The van der Waals surface area contributed by atoms with Crippen molar-refractivity contribution in [2.45, 2.75) is 34.7 Å². The summed E-state index contributed by atoms with van der Waals surface area (Å²) in [6.45, 7) is -0.350. The quantitative estimate of drug-likeness (QED) is 0.594. The highest BCUT2D eigenvalue weighted by molar-refractivity contribution is 7.99. The van der Waals surface area contributed by atoms with Gasteiger partial charge in [-0.25, -0.2) is 0 Å². The summed E-state index contributed by atoms with van der Waals surface area (Å²) >= 11 is 1.37. The molecule has 0 spiro atoms. The van der Waals surface area contributed by atoms with Gasteiger partial charge in [0, 0.05) is 4.90 Å². The van der Waals surface area contributed by atoms with Crippen LogP contribution in [-0.2, 0) is 4.74 Å². The summed E-state index contributed by atoms with van der Waals surface area (Å²) in [5.74, 6) is 0. The van der Waals surface area contributed by atoms with Crippen LogP contribution in [0.25, 0.3) is 0 Å². The van der Waals surface area contributed by atoms with Crippen LogP contribution in [0.2, 0.25) is 0 Å². The van der Waals surface area contributed by atoms with Crippen LogP contribution in [0.15, 0.2) is 35.2 Å². The number of aliphatic hydroxyl groups is 3. The normalized spacial score (nSPS) is 36.6. The maximum atomic E-state index is 9.82. The number of benzene rings is 1. The molecule has 1 aromatic rings. The van der Waals surface area contributed by atoms with Crippen LogP contribution in [0.4, 0.5) is 0 Å². The second-order valence-electron chi connectivity index (χ2n) is 4.21. The molecule has 0 saturated carbocycles. The molecule has 5 N–H and O–H groups in total. The van der Waals surface area contributed by atoms with Gasteiger partial charge in [0.15, 0.2) is 0 Å². The molecule has 0 amide bonds. The molecule has 1 aliphatic rings. The minimum Gasteiger partial charge on any atom is -0.394 e. The standard InChI is InChI=1S/C12H17NO4S/c13-9-11(16)10(15)8(6-14)17-12(9)18-7-4-2-1-3-5-7/h1-5,8-12,14-16H,6,13H2/t8?,9?,10-,11+,12-/m0/s1. The van der Waals surface area contributed by atoms with E-state index in [9.17, 15) is 10.2 Å². The van der Waals surface area contributed by atoms with Crippen molar-refractivity contribution in [3.8, 4) is 0 Å². The molecular formula is C12H17NO4S. The lowest BCUT2D eigenvalue weighted by molar-refractivity contribution is -0.165. The second-order valence-corrected chi connectivity index (χ2v) is 5.39. The van der Waals surface area contributed by atoms with E-state index in [1.165, 1.54) is 11.8 Å². The van der Waals surface area contributed by atoms with Gasteiger partial charge in [0.2, 0.25) is 0 Å². The van der Waals surface area contributed by atoms with E-state index in [2.05, 4.69) is 0 Å². The van der Waals surface area contributed by atoms with E-state index in [1.54, 1.807) is 0 Å². The molecule has 5 nitrogen and oxygen atoms in total. The van der Waals surface area contributed by atoms with Crippen molar-refractivity contribution in [1.82, 2.24) is 0 Å². The maximum Gasteiger partial charge on any atom is 0.126 e. The van der Waals surface area contributed by atoms with Crippen LogP contribution in [0.3, 0.4) is 0 Å². The van der Waals surface area contributed by atoms with E-state index in [1.807, 2.05) is 30.3 Å². The second kappa shape index (κ2) is 6.01. The third kappa shape index (κ3) is 2.85. The number of ether oxygens (including phenoxy) is 1. The Balaban J connectivity index is 2.08.